The maximum absolute atomic E-state index is 14.6. The minimum absolute atomic E-state index is 0.0277. The van der Waals surface area contributed by atoms with Gasteiger partial charge in [-0.3, -0.25) is 4.79 Å². The molecule has 1 fully saturated rings. The number of fused-ring (bicyclic) bond motifs is 1. The first-order chi connectivity index (χ1) is 19.1. The maximum atomic E-state index is 14.6. The highest BCUT2D eigenvalue weighted by Gasteiger charge is 2.32. The highest BCUT2D eigenvalue weighted by Crippen LogP contribution is 2.40. The van der Waals surface area contributed by atoms with Gasteiger partial charge in [0, 0.05) is 24.9 Å². The molecular weight excluding hydrogens is 574 g/mol. The van der Waals surface area contributed by atoms with E-state index in [2.05, 4.69) is 5.32 Å². The zero-order valence-electron chi connectivity index (χ0n) is 22.1. The molecule has 1 aromatic heterocycles. The van der Waals surface area contributed by atoms with Gasteiger partial charge in [-0.15, -0.1) is 11.3 Å². The van der Waals surface area contributed by atoms with Gasteiger partial charge < -0.3 is 10.2 Å². The van der Waals surface area contributed by atoms with Crippen molar-refractivity contribution in [3.8, 4) is 11.1 Å². The third kappa shape index (κ3) is 5.79. The number of thiophene rings is 1. The van der Waals surface area contributed by atoms with E-state index in [1.165, 1.54) is 6.26 Å². The predicted octanol–water partition coefficient (Wildman–Crippen LogP) is 7.08. The van der Waals surface area contributed by atoms with Crippen LogP contribution in [0.3, 0.4) is 0 Å². The second kappa shape index (κ2) is 11.6. The zero-order chi connectivity index (χ0) is 28.6. The van der Waals surface area contributed by atoms with E-state index in [0.29, 0.717) is 6.04 Å². The molecule has 5 rings (SSSR count). The van der Waals surface area contributed by atoms with Crippen LogP contribution < -0.4 is 5.32 Å². The van der Waals surface area contributed by atoms with Crippen molar-refractivity contribution in [3.05, 3.63) is 87.8 Å². The van der Waals surface area contributed by atoms with Crippen LogP contribution in [0.4, 0.5) is 8.78 Å². The lowest BCUT2D eigenvalue weighted by Gasteiger charge is -2.37. The van der Waals surface area contributed by atoms with Crippen LogP contribution in [0, 0.1) is 11.6 Å². The molecule has 1 aliphatic carbocycles. The van der Waals surface area contributed by atoms with Crippen molar-refractivity contribution < 1.29 is 22.0 Å². The van der Waals surface area contributed by atoms with E-state index >= 15 is 0 Å². The first kappa shape index (κ1) is 28.7. The van der Waals surface area contributed by atoms with Crippen LogP contribution in [-0.4, -0.2) is 44.6 Å². The predicted molar refractivity (Wildman–Crippen MR) is 157 cm³/mol. The lowest BCUT2D eigenvalue weighted by molar-refractivity contribution is 0.0606. The summed E-state index contributed by atoms with van der Waals surface area (Å²) >= 11 is 7.39. The minimum atomic E-state index is -3.37. The lowest BCUT2D eigenvalue weighted by atomic mass is 9.89. The van der Waals surface area contributed by atoms with Crippen LogP contribution >= 0.6 is 22.9 Å². The molecule has 1 amide bonds. The number of nitrogens with zero attached hydrogens (tertiary/aromatic N) is 1. The van der Waals surface area contributed by atoms with Gasteiger partial charge in [-0.1, -0.05) is 41.9 Å². The Bertz CT molecular complexity index is 1680. The number of sulfone groups is 1. The van der Waals surface area contributed by atoms with E-state index in [4.69, 9.17) is 11.6 Å². The molecule has 10 heteroatoms. The van der Waals surface area contributed by atoms with Gasteiger partial charge in [0.25, 0.3) is 5.91 Å². The van der Waals surface area contributed by atoms with Crippen molar-refractivity contribution in [2.45, 2.75) is 49.2 Å². The molecule has 1 heterocycles. The van der Waals surface area contributed by atoms with E-state index in [9.17, 15) is 22.0 Å². The van der Waals surface area contributed by atoms with Gasteiger partial charge in [0.05, 0.1) is 20.0 Å². The second-order valence-corrected chi connectivity index (χ2v) is 13.6. The third-order valence-corrected chi connectivity index (χ3v) is 10.3. The van der Waals surface area contributed by atoms with Gasteiger partial charge in [0.2, 0.25) is 0 Å². The molecule has 1 aliphatic rings. The number of hydrogen-bond acceptors (Lipinski definition) is 5. The number of carbonyl (C=O) groups is 1. The normalized spacial score (nSPS) is 17.7. The van der Waals surface area contributed by atoms with Gasteiger partial charge in [-0.25, -0.2) is 17.2 Å². The SMILES string of the molecule is CN[C@H]1CC[C@H](N(Cc2cccc(-c3cccc(S(C)(=O)=O)c3)c2)C(=O)c2sc3c(F)ccc(F)c3c2Cl)CC1. The Morgan fingerprint density at radius 3 is 2.30 bits per heavy atom. The number of halogens is 3. The fourth-order valence-corrected chi connectivity index (χ4v) is 7.53. The van der Waals surface area contributed by atoms with E-state index in [-0.39, 0.29) is 43.4 Å². The quantitative estimate of drug-likeness (QED) is 0.246. The highest BCUT2D eigenvalue weighted by atomic mass is 35.5. The number of hydrogen-bond donors (Lipinski definition) is 1. The number of carbonyl (C=O) groups excluding carboxylic acids is 1. The molecule has 5 nitrogen and oxygen atoms in total. The first-order valence-corrected chi connectivity index (χ1v) is 16.1. The van der Waals surface area contributed by atoms with Crippen LogP contribution in [0.2, 0.25) is 5.02 Å². The molecule has 0 unspecified atom stereocenters. The highest BCUT2D eigenvalue weighted by molar-refractivity contribution is 7.90. The molecule has 40 heavy (non-hydrogen) atoms. The van der Waals surface area contributed by atoms with Crippen LogP contribution in [0.25, 0.3) is 21.2 Å². The molecule has 210 valence electrons. The Morgan fingerprint density at radius 1 is 1.00 bits per heavy atom. The third-order valence-electron chi connectivity index (χ3n) is 7.56. The van der Waals surface area contributed by atoms with Gasteiger partial charge >= 0.3 is 0 Å². The van der Waals surface area contributed by atoms with Gasteiger partial charge in [-0.05, 0) is 79.8 Å². The fraction of sp³-hybridized carbons (Fsp3) is 0.300. The molecule has 1 saturated carbocycles. The molecule has 3 aromatic carbocycles. The maximum Gasteiger partial charge on any atom is 0.266 e. The summed E-state index contributed by atoms with van der Waals surface area (Å²) in [5, 5.41) is 3.17. The van der Waals surface area contributed by atoms with Gasteiger partial charge in [0.15, 0.2) is 9.84 Å². The zero-order valence-corrected chi connectivity index (χ0v) is 24.5. The van der Waals surface area contributed by atoms with E-state index in [1.54, 1.807) is 23.1 Å². The van der Waals surface area contributed by atoms with Crippen LogP contribution in [-0.2, 0) is 16.4 Å². The van der Waals surface area contributed by atoms with Crippen LogP contribution in [0.5, 0.6) is 0 Å². The Balaban J connectivity index is 1.51. The molecule has 0 saturated heterocycles. The molecular formula is C30H29ClF2N2O3S2. The van der Waals surface area contributed by atoms with E-state index in [0.717, 1.165) is 65.8 Å². The Hall–Kier alpha value is -2.85. The molecule has 0 radical (unpaired) electrons. The van der Waals surface area contributed by atoms with Crippen molar-refractivity contribution in [2.75, 3.05) is 13.3 Å². The summed E-state index contributed by atoms with van der Waals surface area (Å²) in [4.78, 5) is 16.2. The molecule has 0 bridgehead atoms. The lowest BCUT2D eigenvalue weighted by Crippen LogP contribution is -2.44. The van der Waals surface area contributed by atoms with Gasteiger partial charge in [0.1, 0.15) is 16.5 Å². The summed E-state index contributed by atoms with van der Waals surface area (Å²) in [6.07, 6.45) is 4.52. The van der Waals surface area contributed by atoms with Crippen molar-refractivity contribution in [3.63, 3.8) is 0 Å². The summed E-state index contributed by atoms with van der Waals surface area (Å²) < 4.78 is 53.3. The van der Waals surface area contributed by atoms with Crippen molar-refractivity contribution in [2.24, 2.45) is 0 Å². The van der Waals surface area contributed by atoms with Gasteiger partial charge in [-0.2, -0.15) is 0 Å². The topological polar surface area (TPSA) is 66.5 Å². The molecule has 1 N–H and O–H groups in total. The van der Waals surface area contributed by atoms with E-state index in [1.807, 2.05) is 37.4 Å². The van der Waals surface area contributed by atoms with Crippen molar-refractivity contribution in [1.29, 1.82) is 0 Å². The van der Waals surface area contributed by atoms with Crippen LogP contribution in [0.1, 0.15) is 40.9 Å². The summed E-state index contributed by atoms with van der Waals surface area (Å²) in [6.45, 7) is 0.267. The Morgan fingerprint density at radius 2 is 1.65 bits per heavy atom. The van der Waals surface area contributed by atoms with Crippen LogP contribution in [0.15, 0.2) is 65.6 Å². The number of nitrogens with one attached hydrogen (secondary N) is 1. The standard InChI is InChI=1S/C30H29ClF2N2O3S2/c1-34-21-9-11-22(12-10-21)35(30(36)29-27(31)26-24(32)13-14-25(33)28(26)39-29)17-18-5-3-6-19(15-18)20-7-4-8-23(16-20)40(2,37)38/h3-8,13-16,21-22,34H,9-12,17H2,1-2H3/t21-,22-. The smallest absolute Gasteiger partial charge is 0.266 e. The average Bonchev–Trinajstić information content (AvgIpc) is 3.31. The molecule has 4 aromatic rings. The number of rotatable bonds is 7. The summed E-state index contributed by atoms with van der Waals surface area (Å²) in [5.74, 6) is -1.64. The molecule has 0 aliphatic heterocycles. The largest absolute Gasteiger partial charge is 0.331 e. The van der Waals surface area contributed by atoms with E-state index < -0.39 is 21.5 Å². The summed E-state index contributed by atoms with van der Waals surface area (Å²) in [5.41, 5.74) is 2.41. The number of benzene rings is 3. The summed E-state index contributed by atoms with van der Waals surface area (Å²) in [7, 11) is -1.44. The summed E-state index contributed by atoms with van der Waals surface area (Å²) in [6, 6.07) is 16.7. The molecule has 0 spiro atoms. The minimum Gasteiger partial charge on any atom is -0.331 e. The van der Waals surface area contributed by atoms with Crippen molar-refractivity contribution >= 4 is 48.8 Å². The fourth-order valence-electron chi connectivity index (χ4n) is 5.36. The Kier molecular flexibility index (Phi) is 8.29. The monoisotopic (exact) mass is 602 g/mol. The number of amides is 1. The second-order valence-electron chi connectivity index (χ2n) is 10.2. The van der Waals surface area contributed by atoms with Crippen molar-refractivity contribution in [1.82, 2.24) is 10.2 Å². The molecule has 0 atom stereocenters. The Labute approximate surface area is 241 Å². The average molecular weight is 603 g/mol. The first-order valence-electron chi connectivity index (χ1n) is 13.0.